The summed E-state index contributed by atoms with van der Waals surface area (Å²) < 4.78 is 52.0. The lowest BCUT2D eigenvalue weighted by Gasteiger charge is -2.13. The van der Waals surface area contributed by atoms with Crippen molar-refractivity contribution in [2.45, 2.75) is 12.9 Å². The van der Waals surface area contributed by atoms with Gasteiger partial charge in [0.1, 0.15) is 22.9 Å². The predicted molar refractivity (Wildman–Crippen MR) is 109 cm³/mol. The first-order chi connectivity index (χ1) is 14.8. The maximum absolute atomic E-state index is 12.5. The molecular formula is C20H18F3N3O4S. The Kier molecular flexibility index (Phi) is 6.85. The lowest BCUT2D eigenvalue weighted by atomic mass is 10.2. The minimum Gasteiger partial charge on any atom is -0.497 e. The van der Waals surface area contributed by atoms with Crippen molar-refractivity contribution in [1.29, 1.82) is 0 Å². The third kappa shape index (κ3) is 6.01. The molecule has 3 rings (SSSR count). The molecular weight excluding hydrogens is 435 g/mol. The van der Waals surface area contributed by atoms with Crippen LogP contribution in [0.1, 0.15) is 16.1 Å². The molecule has 1 aromatic heterocycles. The highest BCUT2D eigenvalue weighted by Crippen LogP contribution is 2.32. The van der Waals surface area contributed by atoms with Gasteiger partial charge in [0.25, 0.3) is 5.91 Å². The number of amides is 1. The molecule has 3 aromatic rings. The van der Waals surface area contributed by atoms with Crippen molar-refractivity contribution < 1.29 is 32.2 Å². The molecule has 0 atom stereocenters. The van der Waals surface area contributed by atoms with Crippen molar-refractivity contribution in [3.63, 3.8) is 0 Å². The van der Waals surface area contributed by atoms with E-state index in [1.807, 2.05) is 0 Å². The second-order valence-corrected chi connectivity index (χ2v) is 6.93. The van der Waals surface area contributed by atoms with Crippen LogP contribution in [0.4, 0.5) is 24.0 Å². The number of aromatic nitrogens is 1. The van der Waals surface area contributed by atoms with Gasteiger partial charge >= 0.3 is 6.36 Å². The molecule has 1 amide bonds. The van der Waals surface area contributed by atoms with E-state index in [-0.39, 0.29) is 23.6 Å². The van der Waals surface area contributed by atoms with Gasteiger partial charge in [-0.3, -0.25) is 4.79 Å². The summed E-state index contributed by atoms with van der Waals surface area (Å²) >= 11 is 1.19. The average Bonchev–Trinajstić information content (AvgIpc) is 3.20. The highest BCUT2D eigenvalue weighted by molar-refractivity contribution is 7.14. The first kappa shape index (κ1) is 22.2. The number of ether oxygens (including phenoxy) is 3. The summed E-state index contributed by atoms with van der Waals surface area (Å²) in [5, 5.41) is 7.58. The summed E-state index contributed by atoms with van der Waals surface area (Å²) in [6.45, 7) is -0.155. The van der Waals surface area contributed by atoms with E-state index in [1.165, 1.54) is 42.0 Å². The number of alkyl halides is 3. The quantitative estimate of drug-likeness (QED) is 0.513. The van der Waals surface area contributed by atoms with Crippen LogP contribution in [0.5, 0.6) is 17.2 Å². The van der Waals surface area contributed by atoms with Gasteiger partial charge in [0.15, 0.2) is 5.13 Å². The number of thiazole rings is 1. The summed E-state index contributed by atoms with van der Waals surface area (Å²) in [5.41, 5.74) is 0.932. The number of carbonyl (C=O) groups is 1. The minimum atomic E-state index is -4.82. The van der Waals surface area contributed by atoms with Crippen LogP contribution < -0.4 is 24.8 Å². The number of benzene rings is 2. The van der Waals surface area contributed by atoms with Crippen LogP contribution in [0.15, 0.2) is 47.8 Å². The van der Waals surface area contributed by atoms with Gasteiger partial charge in [0.05, 0.1) is 19.9 Å². The van der Waals surface area contributed by atoms with Crippen LogP contribution in [0.25, 0.3) is 0 Å². The molecule has 11 heteroatoms. The predicted octanol–water partition coefficient (Wildman–Crippen LogP) is 4.73. The summed E-state index contributed by atoms with van der Waals surface area (Å²) in [5.74, 6) is 0.244. The molecule has 2 aromatic carbocycles. The number of nitrogens with zero attached hydrogens (tertiary/aromatic N) is 1. The summed E-state index contributed by atoms with van der Waals surface area (Å²) in [7, 11) is 3.06. The monoisotopic (exact) mass is 453 g/mol. The Hall–Kier alpha value is -3.47. The first-order valence-electron chi connectivity index (χ1n) is 8.85. The molecule has 0 aliphatic carbocycles. The number of hydrogen-bond donors (Lipinski definition) is 2. The van der Waals surface area contributed by atoms with Crippen molar-refractivity contribution in [3.8, 4) is 17.2 Å². The van der Waals surface area contributed by atoms with Crippen LogP contribution in [-0.4, -0.2) is 31.5 Å². The van der Waals surface area contributed by atoms with Gasteiger partial charge in [-0.05, 0) is 18.2 Å². The molecule has 0 fully saturated rings. The zero-order chi connectivity index (χ0) is 22.4. The Morgan fingerprint density at radius 2 is 1.87 bits per heavy atom. The minimum absolute atomic E-state index is 0.120. The molecule has 0 bridgehead atoms. The summed E-state index contributed by atoms with van der Waals surface area (Å²) in [6.07, 6.45) is -4.82. The third-order valence-corrected chi connectivity index (χ3v) is 4.78. The Morgan fingerprint density at radius 1 is 1.10 bits per heavy atom. The number of hydrogen-bond acceptors (Lipinski definition) is 7. The van der Waals surface area contributed by atoms with E-state index >= 15 is 0 Å². The fourth-order valence-corrected chi connectivity index (χ4v) is 3.30. The van der Waals surface area contributed by atoms with E-state index in [2.05, 4.69) is 20.4 Å². The van der Waals surface area contributed by atoms with E-state index in [1.54, 1.807) is 31.4 Å². The number of halogens is 3. The molecule has 164 valence electrons. The molecule has 0 spiro atoms. The van der Waals surface area contributed by atoms with Gasteiger partial charge in [0.2, 0.25) is 0 Å². The van der Waals surface area contributed by atoms with Gasteiger partial charge in [-0.15, -0.1) is 24.5 Å². The average molecular weight is 453 g/mol. The SMILES string of the molecule is COc1ccc(Nc2nc(C(=O)NCc3ccccc3OC(F)(F)F)cs2)c(OC)c1. The Morgan fingerprint density at radius 3 is 2.58 bits per heavy atom. The molecule has 1 heterocycles. The fourth-order valence-electron chi connectivity index (χ4n) is 2.59. The standard InChI is InChI=1S/C20H18F3N3O4S/c1-28-13-7-8-14(17(9-13)29-2)25-19-26-15(11-31-19)18(27)24-10-12-5-3-4-6-16(12)30-20(21,22)23/h3-9,11H,10H2,1-2H3,(H,24,27)(H,25,26). The summed E-state index contributed by atoms with van der Waals surface area (Å²) in [4.78, 5) is 16.6. The van der Waals surface area contributed by atoms with Gasteiger partial charge in [-0.2, -0.15) is 0 Å². The number of rotatable bonds is 8. The zero-order valence-electron chi connectivity index (χ0n) is 16.4. The van der Waals surface area contributed by atoms with Crippen molar-refractivity contribution in [2.75, 3.05) is 19.5 Å². The number of nitrogens with one attached hydrogen (secondary N) is 2. The second kappa shape index (κ2) is 9.56. The topological polar surface area (TPSA) is 81.7 Å². The van der Waals surface area contributed by atoms with Crippen molar-refractivity contribution in [1.82, 2.24) is 10.3 Å². The third-order valence-electron chi connectivity index (χ3n) is 4.02. The molecule has 7 nitrogen and oxygen atoms in total. The fraction of sp³-hybridized carbons (Fsp3) is 0.200. The smallest absolute Gasteiger partial charge is 0.497 e. The Labute approximate surface area is 179 Å². The van der Waals surface area contributed by atoms with Crippen LogP contribution >= 0.6 is 11.3 Å². The number of para-hydroxylation sites is 1. The number of anilines is 2. The summed E-state index contributed by atoms with van der Waals surface area (Å²) in [6, 6.07) is 10.8. The molecule has 0 unspecified atom stereocenters. The van der Waals surface area contributed by atoms with Crippen molar-refractivity contribution in [3.05, 3.63) is 59.1 Å². The van der Waals surface area contributed by atoms with Crippen LogP contribution in [0.2, 0.25) is 0 Å². The largest absolute Gasteiger partial charge is 0.573 e. The van der Waals surface area contributed by atoms with Crippen LogP contribution in [0, 0.1) is 0 Å². The normalized spacial score (nSPS) is 11.0. The molecule has 31 heavy (non-hydrogen) atoms. The molecule has 0 aliphatic heterocycles. The highest BCUT2D eigenvalue weighted by Gasteiger charge is 2.32. The lowest BCUT2D eigenvalue weighted by molar-refractivity contribution is -0.274. The zero-order valence-corrected chi connectivity index (χ0v) is 17.3. The lowest BCUT2D eigenvalue weighted by Crippen LogP contribution is -2.24. The molecule has 2 N–H and O–H groups in total. The molecule has 0 aliphatic rings. The van der Waals surface area contributed by atoms with Gasteiger partial charge in [-0.25, -0.2) is 4.98 Å². The maximum atomic E-state index is 12.5. The molecule has 0 radical (unpaired) electrons. The number of carbonyl (C=O) groups excluding carboxylic acids is 1. The second-order valence-electron chi connectivity index (χ2n) is 6.07. The van der Waals surface area contributed by atoms with E-state index < -0.39 is 12.3 Å². The van der Waals surface area contributed by atoms with Gasteiger partial charge < -0.3 is 24.8 Å². The Balaban J connectivity index is 1.65. The van der Waals surface area contributed by atoms with Crippen molar-refractivity contribution >= 4 is 28.1 Å². The molecule has 0 saturated heterocycles. The first-order valence-corrected chi connectivity index (χ1v) is 9.73. The van der Waals surface area contributed by atoms with Crippen LogP contribution in [0.3, 0.4) is 0 Å². The molecule has 0 saturated carbocycles. The van der Waals surface area contributed by atoms with E-state index in [9.17, 15) is 18.0 Å². The Bertz CT molecular complexity index is 1060. The van der Waals surface area contributed by atoms with E-state index in [0.717, 1.165) is 0 Å². The van der Waals surface area contributed by atoms with Crippen molar-refractivity contribution in [2.24, 2.45) is 0 Å². The van der Waals surface area contributed by atoms with Crippen LogP contribution in [-0.2, 0) is 6.54 Å². The van der Waals surface area contributed by atoms with E-state index in [0.29, 0.717) is 22.3 Å². The van der Waals surface area contributed by atoms with E-state index in [4.69, 9.17) is 9.47 Å². The highest BCUT2D eigenvalue weighted by atomic mass is 32.1. The maximum Gasteiger partial charge on any atom is 0.573 e. The van der Waals surface area contributed by atoms with Gasteiger partial charge in [0, 0.05) is 23.6 Å². The number of methoxy groups -OCH3 is 2. The van der Waals surface area contributed by atoms with Gasteiger partial charge in [-0.1, -0.05) is 18.2 Å².